The van der Waals surface area contributed by atoms with Crippen LogP contribution in [0.4, 0.5) is 4.39 Å². The fourth-order valence-corrected chi connectivity index (χ4v) is 4.01. The maximum absolute atomic E-state index is 13.4. The third kappa shape index (κ3) is 3.58. The van der Waals surface area contributed by atoms with Gasteiger partial charge in [-0.15, -0.1) is 16.4 Å². The Labute approximate surface area is 155 Å². The minimum atomic E-state index is -0.208. The van der Waals surface area contributed by atoms with Gasteiger partial charge in [-0.1, -0.05) is 18.2 Å². The topological polar surface area (TPSA) is 26.0 Å². The van der Waals surface area contributed by atoms with Gasteiger partial charge in [-0.25, -0.2) is 9.07 Å². The molecular weight excluding hydrogens is 355 g/mol. The summed E-state index contributed by atoms with van der Waals surface area (Å²) >= 11 is 7.37. The van der Waals surface area contributed by atoms with Crippen LogP contribution in [0.1, 0.15) is 24.4 Å². The van der Waals surface area contributed by atoms with Crippen molar-refractivity contribution in [3.63, 3.8) is 0 Å². The first-order valence-electron chi connectivity index (χ1n) is 8.28. The number of rotatable bonds is 6. The number of halogens is 1. The third-order valence-corrected chi connectivity index (χ3v) is 5.51. The molecule has 2 heterocycles. The van der Waals surface area contributed by atoms with E-state index in [0.29, 0.717) is 19.3 Å². The van der Waals surface area contributed by atoms with E-state index < -0.39 is 0 Å². The summed E-state index contributed by atoms with van der Waals surface area (Å²) in [7, 11) is 1.99. The van der Waals surface area contributed by atoms with Crippen molar-refractivity contribution in [1.29, 1.82) is 0 Å². The van der Waals surface area contributed by atoms with Gasteiger partial charge >= 0.3 is 0 Å². The smallest absolute Gasteiger partial charge is 0.199 e. The van der Waals surface area contributed by atoms with Gasteiger partial charge < -0.3 is 0 Å². The molecule has 0 radical (unpaired) electrons. The molecule has 25 heavy (non-hydrogen) atoms. The molecule has 0 amide bonds. The molecule has 7 heteroatoms. The summed E-state index contributed by atoms with van der Waals surface area (Å²) in [5, 5.41) is 6.84. The number of thiophene rings is 1. The zero-order valence-electron chi connectivity index (χ0n) is 13.9. The molecule has 1 saturated carbocycles. The first kappa shape index (κ1) is 16.6. The van der Waals surface area contributed by atoms with Crippen molar-refractivity contribution in [3.8, 4) is 10.7 Å². The lowest BCUT2D eigenvalue weighted by molar-refractivity contribution is 0.243. The molecule has 0 saturated heterocycles. The molecule has 0 spiro atoms. The van der Waals surface area contributed by atoms with E-state index in [2.05, 4.69) is 20.9 Å². The van der Waals surface area contributed by atoms with Gasteiger partial charge in [0.25, 0.3) is 0 Å². The van der Waals surface area contributed by atoms with Gasteiger partial charge in [0.1, 0.15) is 5.82 Å². The molecule has 130 valence electrons. The zero-order chi connectivity index (χ0) is 17.4. The summed E-state index contributed by atoms with van der Waals surface area (Å²) in [6, 6.07) is 11.3. The number of nitrogens with zero attached hydrogens (tertiary/aromatic N) is 4. The lowest BCUT2D eigenvalue weighted by atomic mass is 10.2. The molecule has 1 fully saturated rings. The highest BCUT2D eigenvalue weighted by Crippen LogP contribution is 2.39. The maximum Gasteiger partial charge on any atom is 0.199 e. The summed E-state index contributed by atoms with van der Waals surface area (Å²) in [6.45, 7) is 1.22. The number of aromatic nitrogens is 3. The van der Waals surface area contributed by atoms with Gasteiger partial charge in [0, 0.05) is 12.6 Å². The molecule has 4 rings (SSSR count). The first-order valence-corrected chi connectivity index (χ1v) is 9.57. The average Bonchev–Trinajstić information content (AvgIpc) is 3.15. The van der Waals surface area contributed by atoms with Crippen LogP contribution in [0.3, 0.4) is 0 Å². The van der Waals surface area contributed by atoms with E-state index in [-0.39, 0.29) is 5.82 Å². The molecule has 1 aromatic carbocycles. The molecule has 1 aliphatic rings. The number of benzene rings is 1. The molecule has 2 aromatic heterocycles. The van der Waals surface area contributed by atoms with E-state index >= 15 is 0 Å². The van der Waals surface area contributed by atoms with Crippen LogP contribution in [0.2, 0.25) is 0 Å². The highest BCUT2D eigenvalue weighted by molar-refractivity contribution is 7.71. The van der Waals surface area contributed by atoms with Crippen molar-refractivity contribution in [3.05, 3.63) is 57.9 Å². The zero-order valence-corrected chi connectivity index (χ0v) is 15.6. The summed E-state index contributed by atoms with van der Waals surface area (Å²) in [4.78, 5) is 3.23. The van der Waals surface area contributed by atoms with Crippen LogP contribution in [-0.4, -0.2) is 26.3 Å². The minimum Gasteiger partial charge on any atom is -0.296 e. The first-order chi connectivity index (χ1) is 12.1. The van der Waals surface area contributed by atoms with E-state index in [1.165, 1.54) is 6.07 Å². The molecule has 0 bridgehead atoms. The van der Waals surface area contributed by atoms with E-state index in [1.807, 2.05) is 23.9 Å². The Morgan fingerprint density at radius 1 is 1.32 bits per heavy atom. The molecule has 3 aromatic rings. The van der Waals surface area contributed by atoms with E-state index in [0.717, 1.165) is 33.9 Å². The predicted molar refractivity (Wildman–Crippen MR) is 101 cm³/mol. The SMILES string of the molecule is CN(Cc1cccc(F)c1)Cn1nc(-c2cccs2)n(C2CC2)c1=S. The second kappa shape index (κ2) is 6.82. The van der Waals surface area contributed by atoms with Crippen molar-refractivity contribution < 1.29 is 4.39 Å². The van der Waals surface area contributed by atoms with Gasteiger partial charge in [-0.05, 0) is 61.2 Å². The quantitative estimate of drug-likeness (QED) is 0.585. The van der Waals surface area contributed by atoms with Crippen molar-refractivity contribution >= 4 is 23.6 Å². The normalized spacial score (nSPS) is 14.4. The van der Waals surface area contributed by atoms with Crippen LogP contribution >= 0.6 is 23.6 Å². The molecule has 0 aliphatic heterocycles. The highest BCUT2D eigenvalue weighted by Gasteiger charge is 2.29. The Bertz CT molecular complexity index is 925. The van der Waals surface area contributed by atoms with Crippen molar-refractivity contribution in [2.75, 3.05) is 7.05 Å². The van der Waals surface area contributed by atoms with Gasteiger partial charge in [-0.3, -0.25) is 9.47 Å². The Kier molecular flexibility index (Phi) is 4.54. The van der Waals surface area contributed by atoms with Crippen LogP contribution in [-0.2, 0) is 13.2 Å². The Hall–Kier alpha value is -1.83. The van der Waals surface area contributed by atoms with Crippen molar-refractivity contribution in [1.82, 2.24) is 19.2 Å². The van der Waals surface area contributed by atoms with Gasteiger partial charge in [0.05, 0.1) is 11.5 Å². The maximum atomic E-state index is 13.4. The van der Waals surface area contributed by atoms with Crippen LogP contribution < -0.4 is 0 Å². The van der Waals surface area contributed by atoms with Crippen molar-refractivity contribution in [2.24, 2.45) is 0 Å². The van der Waals surface area contributed by atoms with Gasteiger partial charge in [-0.2, -0.15) is 0 Å². The molecule has 1 aliphatic carbocycles. The van der Waals surface area contributed by atoms with Crippen LogP contribution in [0.5, 0.6) is 0 Å². The number of hydrogen-bond acceptors (Lipinski definition) is 4. The van der Waals surface area contributed by atoms with Gasteiger partial charge in [0.2, 0.25) is 0 Å². The summed E-state index contributed by atoms with van der Waals surface area (Å²) in [6.07, 6.45) is 2.33. The minimum absolute atomic E-state index is 0.208. The van der Waals surface area contributed by atoms with Gasteiger partial charge in [0.15, 0.2) is 10.6 Å². The van der Waals surface area contributed by atoms with Crippen LogP contribution in [0.25, 0.3) is 10.7 Å². The number of hydrogen-bond donors (Lipinski definition) is 0. The molecule has 4 nitrogen and oxygen atoms in total. The van der Waals surface area contributed by atoms with Crippen LogP contribution in [0, 0.1) is 10.6 Å². The highest BCUT2D eigenvalue weighted by atomic mass is 32.1. The summed E-state index contributed by atoms with van der Waals surface area (Å²) in [5.41, 5.74) is 0.939. The lowest BCUT2D eigenvalue weighted by Crippen LogP contribution is -2.22. The third-order valence-electron chi connectivity index (χ3n) is 4.24. The van der Waals surface area contributed by atoms with E-state index in [1.54, 1.807) is 23.5 Å². The fraction of sp³-hybridized carbons (Fsp3) is 0.333. The molecular formula is C18H19FN4S2. The van der Waals surface area contributed by atoms with Crippen molar-refractivity contribution in [2.45, 2.75) is 32.1 Å². The Morgan fingerprint density at radius 3 is 2.84 bits per heavy atom. The molecule has 0 unspecified atom stereocenters. The average molecular weight is 375 g/mol. The summed E-state index contributed by atoms with van der Waals surface area (Å²) < 4.78 is 18.2. The molecule has 0 atom stereocenters. The Balaban J connectivity index is 1.58. The second-order valence-electron chi connectivity index (χ2n) is 6.47. The predicted octanol–water partition coefficient (Wildman–Crippen LogP) is 4.71. The largest absolute Gasteiger partial charge is 0.296 e. The fourth-order valence-electron chi connectivity index (χ4n) is 2.97. The monoisotopic (exact) mass is 374 g/mol. The standard InChI is InChI=1S/C18H19FN4S2/c1-21(11-13-4-2-5-14(19)10-13)12-22-18(24)23(15-7-8-15)17(20-22)16-6-3-9-25-16/h2-6,9-10,15H,7-8,11-12H2,1H3. The van der Waals surface area contributed by atoms with E-state index in [9.17, 15) is 4.39 Å². The Morgan fingerprint density at radius 2 is 2.16 bits per heavy atom. The lowest BCUT2D eigenvalue weighted by Gasteiger charge is -2.16. The summed E-state index contributed by atoms with van der Waals surface area (Å²) in [5.74, 6) is 0.752. The van der Waals surface area contributed by atoms with E-state index in [4.69, 9.17) is 17.3 Å². The van der Waals surface area contributed by atoms with Crippen LogP contribution in [0.15, 0.2) is 41.8 Å². The molecule has 0 N–H and O–H groups in total. The second-order valence-corrected chi connectivity index (χ2v) is 7.78.